The van der Waals surface area contributed by atoms with Crippen LogP contribution in [0.15, 0.2) is 53.8 Å². The van der Waals surface area contributed by atoms with E-state index in [-0.39, 0.29) is 23.1 Å². The normalized spacial score (nSPS) is 25.3. The summed E-state index contributed by atoms with van der Waals surface area (Å²) in [6, 6.07) is 10.4. The summed E-state index contributed by atoms with van der Waals surface area (Å²) in [5, 5.41) is 14.1. The van der Waals surface area contributed by atoms with Gasteiger partial charge in [0.2, 0.25) is 0 Å². The zero-order valence-electron chi connectivity index (χ0n) is 18.1. The molecule has 1 aliphatic heterocycles. The van der Waals surface area contributed by atoms with Gasteiger partial charge in [-0.15, -0.1) is 5.10 Å². The molecule has 1 saturated carbocycles. The van der Waals surface area contributed by atoms with Gasteiger partial charge >= 0.3 is 0 Å². The molecule has 6 rings (SSSR count). The number of aryl methyl sites for hydroxylation is 2. The number of aldehydes is 1. The number of benzene rings is 2. The summed E-state index contributed by atoms with van der Waals surface area (Å²) in [4.78, 5) is 13.3. The Balaban J connectivity index is 1.38. The lowest BCUT2D eigenvalue weighted by molar-refractivity contribution is -0.109. The minimum absolute atomic E-state index is 0.101. The van der Waals surface area contributed by atoms with Crippen LogP contribution in [0.1, 0.15) is 11.1 Å². The topological polar surface area (TPSA) is 85.9 Å². The third-order valence-corrected chi connectivity index (χ3v) is 8.34. The molecule has 4 unspecified atom stereocenters. The Hall–Kier alpha value is -3.24. The third kappa shape index (κ3) is 2.94. The van der Waals surface area contributed by atoms with Crippen molar-refractivity contribution in [1.29, 1.82) is 0 Å². The standard InChI is InChI=1S/C23H21FN6O2S/c1-14-7-21-15(9-26-30(21)17-5-3-16(24)4-6-17)8-18(14)23-13-29(11-19(23)20(23)12-31)33(32)22-10-25-28(2)27-22/h3-10,12,19-20H,11,13H2,1-2H3. The van der Waals surface area contributed by atoms with Gasteiger partial charge in [0.25, 0.3) is 0 Å². The van der Waals surface area contributed by atoms with Crippen LogP contribution in [0.25, 0.3) is 16.6 Å². The van der Waals surface area contributed by atoms with E-state index in [1.807, 2.05) is 11.2 Å². The van der Waals surface area contributed by atoms with Gasteiger partial charge < -0.3 is 4.79 Å². The summed E-state index contributed by atoms with van der Waals surface area (Å²) in [5.74, 6) is -0.285. The van der Waals surface area contributed by atoms with Crippen molar-refractivity contribution in [2.45, 2.75) is 17.4 Å². The maximum absolute atomic E-state index is 13.4. The molecule has 33 heavy (non-hydrogen) atoms. The molecule has 2 aromatic heterocycles. The van der Waals surface area contributed by atoms with Crippen LogP contribution >= 0.6 is 0 Å². The number of piperidine rings is 1. The zero-order valence-corrected chi connectivity index (χ0v) is 18.9. The van der Waals surface area contributed by atoms with Crippen LogP contribution in [-0.2, 0) is 28.2 Å². The first-order chi connectivity index (χ1) is 15.9. The Morgan fingerprint density at radius 2 is 1.97 bits per heavy atom. The molecule has 2 fully saturated rings. The van der Waals surface area contributed by atoms with Crippen molar-refractivity contribution in [2.75, 3.05) is 13.1 Å². The van der Waals surface area contributed by atoms with Crippen LogP contribution in [0.3, 0.4) is 0 Å². The predicted molar refractivity (Wildman–Crippen MR) is 119 cm³/mol. The van der Waals surface area contributed by atoms with Gasteiger partial charge in [-0.1, -0.05) is 0 Å². The van der Waals surface area contributed by atoms with Gasteiger partial charge in [0.15, 0.2) is 5.03 Å². The summed E-state index contributed by atoms with van der Waals surface area (Å²) in [6.45, 7) is 3.12. The lowest BCUT2D eigenvalue weighted by atomic mass is 9.88. The van der Waals surface area contributed by atoms with E-state index in [1.54, 1.807) is 30.1 Å². The van der Waals surface area contributed by atoms with Gasteiger partial charge in [-0.25, -0.2) is 17.6 Å². The number of aromatic nitrogens is 5. The van der Waals surface area contributed by atoms with Gasteiger partial charge in [-0.3, -0.25) is 0 Å². The van der Waals surface area contributed by atoms with Gasteiger partial charge in [-0.2, -0.15) is 15.0 Å². The van der Waals surface area contributed by atoms with Gasteiger partial charge in [-0.05, 0) is 60.4 Å². The number of fused-ring (bicyclic) bond motifs is 2. The molecule has 0 N–H and O–H groups in total. The van der Waals surface area contributed by atoms with Crippen molar-refractivity contribution >= 4 is 28.2 Å². The SMILES string of the molecule is Cc1cc2c(cnn2-c2ccc(F)cc2)cc1C12CN(S(=O)c3cnn(C)n3)CC1C2C=O. The van der Waals surface area contributed by atoms with Crippen LogP contribution in [0.5, 0.6) is 0 Å². The van der Waals surface area contributed by atoms with Crippen LogP contribution in [0.4, 0.5) is 4.39 Å². The number of hydrogen-bond donors (Lipinski definition) is 0. The van der Waals surface area contributed by atoms with E-state index in [9.17, 15) is 13.4 Å². The molecule has 1 aliphatic carbocycles. The molecule has 0 radical (unpaired) electrons. The molecule has 0 spiro atoms. The molecular weight excluding hydrogens is 443 g/mol. The number of hydrogen-bond acceptors (Lipinski definition) is 5. The molecule has 0 amide bonds. The van der Waals surface area contributed by atoms with Crippen molar-refractivity contribution < 1.29 is 13.4 Å². The lowest BCUT2D eigenvalue weighted by Crippen LogP contribution is -2.32. The van der Waals surface area contributed by atoms with E-state index in [0.717, 1.165) is 34.0 Å². The van der Waals surface area contributed by atoms with Crippen molar-refractivity contribution in [1.82, 2.24) is 29.1 Å². The maximum atomic E-state index is 13.4. The summed E-state index contributed by atoms with van der Waals surface area (Å²) < 4.78 is 30.1. The average Bonchev–Trinajstić information content (AvgIpc) is 3.24. The second-order valence-electron chi connectivity index (χ2n) is 8.81. The highest BCUT2D eigenvalue weighted by molar-refractivity contribution is 7.82. The second-order valence-corrected chi connectivity index (χ2v) is 10.2. The first-order valence-corrected chi connectivity index (χ1v) is 11.8. The molecule has 2 aliphatic rings. The first kappa shape index (κ1) is 20.4. The monoisotopic (exact) mass is 464 g/mol. The maximum Gasteiger partial charge on any atom is 0.185 e. The highest BCUT2D eigenvalue weighted by atomic mass is 32.2. The van der Waals surface area contributed by atoms with E-state index in [4.69, 9.17) is 0 Å². The number of carbonyl (C=O) groups excluding carboxylic acids is 1. The molecule has 3 heterocycles. The van der Waals surface area contributed by atoms with Gasteiger partial charge in [0.05, 0.1) is 23.6 Å². The number of rotatable bonds is 5. The predicted octanol–water partition coefficient (Wildman–Crippen LogP) is 2.32. The number of nitrogens with zero attached hydrogens (tertiary/aromatic N) is 6. The van der Waals surface area contributed by atoms with Gasteiger partial charge in [0.1, 0.15) is 23.1 Å². The highest BCUT2D eigenvalue weighted by Crippen LogP contribution is 2.64. The van der Waals surface area contributed by atoms with Crippen LogP contribution < -0.4 is 0 Å². The summed E-state index contributed by atoms with van der Waals surface area (Å²) in [6.07, 6.45) is 4.35. The summed E-state index contributed by atoms with van der Waals surface area (Å²) in [7, 11) is 0.266. The molecule has 168 valence electrons. The van der Waals surface area contributed by atoms with E-state index in [0.29, 0.717) is 18.1 Å². The van der Waals surface area contributed by atoms with Crippen molar-refractivity contribution in [3.05, 3.63) is 65.7 Å². The number of halogens is 1. The smallest absolute Gasteiger partial charge is 0.185 e. The molecule has 10 heteroatoms. The average molecular weight is 465 g/mol. The van der Waals surface area contributed by atoms with Crippen molar-refractivity contribution in [2.24, 2.45) is 18.9 Å². The summed E-state index contributed by atoms with van der Waals surface area (Å²) in [5.41, 5.74) is 3.47. The lowest BCUT2D eigenvalue weighted by Gasteiger charge is -2.22. The van der Waals surface area contributed by atoms with Crippen molar-refractivity contribution in [3.8, 4) is 5.69 Å². The van der Waals surface area contributed by atoms with Crippen LogP contribution in [-0.4, -0.2) is 52.7 Å². The number of carbonyl (C=O) groups is 1. The summed E-state index contributed by atoms with van der Waals surface area (Å²) >= 11 is 0. The second kappa shape index (κ2) is 7.13. The van der Waals surface area contributed by atoms with Crippen LogP contribution in [0, 0.1) is 24.6 Å². The molecular formula is C23H21FN6O2S. The Bertz CT molecular complexity index is 1430. The molecule has 4 aromatic rings. The molecule has 0 bridgehead atoms. The largest absolute Gasteiger partial charge is 0.303 e. The molecule has 1 saturated heterocycles. The molecule has 8 nitrogen and oxygen atoms in total. The molecule has 2 aromatic carbocycles. The Kier molecular flexibility index (Phi) is 4.40. The minimum Gasteiger partial charge on any atom is -0.303 e. The van der Waals surface area contributed by atoms with Gasteiger partial charge in [0, 0.05) is 36.9 Å². The zero-order chi connectivity index (χ0) is 22.9. The Labute approximate surface area is 191 Å². The van der Waals surface area contributed by atoms with E-state index in [2.05, 4.69) is 27.4 Å². The molecule has 4 atom stereocenters. The third-order valence-electron chi connectivity index (χ3n) is 7.04. The van der Waals surface area contributed by atoms with Crippen molar-refractivity contribution in [3.63, 3.8) is 0 Å². The van der Waals surface area contributed by atoms with E-state index >= 15 is 0 Å². The van der Waals surface area contributed by atoms with E-state index in [1.165, 1.54) is 23.1 Å². The Morgan fingerprint density at radius 3 is 2.67 bits per heavy atom. The first-order valence-electron chi connectivity index (χ1n) is 10.7. The minimum atomic E-state index is -1.43. The fourth-order valence-electron chi connectivity index (χ4n) is 5.44. The quantitative estimate of drug-likeness (QED) is 0.423. The fraction of sp³-hybridized carbons (Fsp3) is 0.304. The van der Waals surface area contributed by atoms with E-state index < -0.39 is 11.0 Å². The highest BCUT2D eigenvalue weighted by Gasteiger charge is 2.70. The Morgan fingerprint density at radius 1 is 1.18 bits per heavy atom. The van der Waals surface area contributed by atoms with Crippen LogP contribution in [0.2, 0.25) is 0 Å². The fourth-order valence-corrected chi connectivity index (χ4v) is 6.66.